The average Bonchev–Trinajstić information content (AvgIpc) is 3.29. The van der Waals surface area contributed by atoms with Crippen LogP contribution in [-0.2, 0) is 16.1 Å². The predicted octanol–water partition coefficient (Wildman–Crippen LogP) is 0.806. The largest absolute Gasteiger partial charge is 0.314 e. The zero-order chi connectivity index (χ0) is 20.9. The van der Waals surface area contributed by atoms with Crippen LogP contribution in [0, 0.1) is 0 Å². The van der Waals surface area contributed by atoms with E-state index in [9.17, 15) is 19.2 Å². The van der Waals surface area contributed by atoms with Crippen LogP contribution in [-0.4, -0.2) is 64.6 Å². The molecule has 1 spiro atoms. The van der Waals surface area contributed by atoms with E-state index in [0.29, 0.717) is 11.1 Å². The number of hydrogen-bond donors (Lipinski definition) is 2. The van der Waals surface area contributed by atoms with Gasteiger partial charge in [0.2, 0.25) is 11.8 Å². The third kappa shape index (κ3) is 3.06. The van der Waals surface area contributed by atoms with Gasteiger partial charge in [-0.2, -0.15) is 0 Å². The summed E-state index contributed by atoms with van der Waals surface area (Å²) >= 11 is 0. The number of nitrogens with one attached hydrogen (secondary N) is 2. The van der Waals surface area contributed by atoms with Crippen molar-refractivity contribution < 1.29 is 19.2 Å². The van der Waals surface area contributed by atoms with Crippen molar-refractivity contribution in [2.75, 3.05) is 19.6 Å². The molecule has 1 unspecified atom stereocenters. The smallest absolute Gasteiger partial charge is 0.262 e. The van der Waals surface area contributed by atoms with Gasteiger partial charge in [0.05, 0.1) is 11.1 Å². The van der Waals surface area contributed by atoms with Gasteiger partial charge in [-0.15, -0.1) is 0 Å². The molecule has 3 fully saturated rings. The third-order valence-corrected chi connectivity index (χ3v) is 7.10. The van der Waals surface area contributed by atoms with Crippen LogP contribution in [0.2, 0.25) is 0 Å². The van der Waals surface area contributed by atoms with Crippen molar-refractivity contribution in [3.63, 3.8) is 0 Å². The van der Waals surface area contributed by atoms with Crippen LogP contribution in [0.5, 0.6) is 0 Å². The van der Waals surface area contributed by atoms with E-state index in [4.69, 9.17) is 0 Å². The van der Waals surface area contributed by atoms with Gasteiger partial charge in [0.15, 0.2) is 0 Å². The van der Waals surface area contributed by atoms with Crippen LogP contribution in [0.25, 0.3) is 0 Å². The van der Waals surface area contributed by atoms with Gasteiger partial charge in [-0.3, -0.25) is 34.3 Å². The van der Waals surface area contributed by atoms with Crippen molar-refractivity contribution in [1.29, 1.82) is 0 Å². The van der Waals surface area contributed by atoms with Gasteiger partial charge in [0, 0.05) is 38.1 Å². The molecule has 3 aliphatic heterocycles. The Balaban J connectivity index is 1.38. The fourth-order valence-electron chi connectivity index (χ4n) is 5.49. The maximum Gasteiger partial charge on any atom is 0.262 e. The minimum absolute atomic E-state index is 0.125. The first kappa shape index (κ1) is 19.4. The molecule has 0 aromatic heterocycles. The first-order valence-corrected chi connectivity index (χ1v) is 10.8. The summed E-state index contributed by atoms with van der Waals surface area (Å²) in [5, 5.41) is 5.76. The Morgan fingerprint density at radius 3 is 2.57 bits per heavy atom. The molecule has 1 aliphatic carbocycles. The van der Waals surface area contributed by atoms with Crippen molar-refractivity contribution in [1.82, 2.24) is 20.4 Å². The summed E-state index contributed by atoms with van der Waals surface area (Å²) in [5.41, 5.74) is 1.89. The maximum absolute atomic E-state index is 13.0. The monoisotopic (exact) mass is 410 g/mol. The van der Waals surface area contributed by atoms with E-state index in [-0.39, 0.29) is 24.3 Å². The molecule has 1 aromatic carbocycles. The summed E-state index contributed by atoms with van der Waals surface area (Å²) < 4.78 is 0. The molecule has 3 heterocycles. The van der Waals surface area contributed by atoms with E-state index in [1.165, 1.54) is 25.7 Å². The van der Waals surface area contributed by atoms with E-state index >= 15 is 0 Å². The molecular formula is C22H26N4O4. The Labute approximate surface area is 175 Å². The Morgan fingerprint density at radius 2 is 1.80 bits per heavy atom. The number of carbonyl (C=O) groups excluding carboxylic acids is 4. The van der Waals surface area contributed by atoms with Gasteiger partial charge in [0.25, 0.3) is 11.8 Å². The third-order valence-electron chi connectivity index (χ3n) is 7.10. The Bertz CT molecular complexity index is 937. The molecule has 5 rings (SSSR count). The highest BCUT2D eigenvalue weighted by Gasteiger charge is 2.45. The summed E-state index contributed by atoms with van der Waals surface area (Å²) in [6.07, 6.45) is 5.16. The molecule has 1 aromatic rings. The second-order valence-electron chi connectivity index (χ2n) is 8.86. The molecule has 1 saturated carbocycles. The highest BCUT2D eigenvalue weighted by atomic mass is 16.2. The number of carbonyl (C=O) groups is 4. The van der Waals surface area contributed by atoms with E-state index in [2.05, 4.69) is 15.5 Å². The lowest BCUT2D eigenvalue weighted by Crippen LogP contribution is -2.59. The fraction of sp³-hybridized carbons (Fsp3) is 0.545. The summed E-state index contributed by atoms with van der Waals surface area (Å²) in [6, 6.07) is 4.52. The zero-order valence-electron chi connectivity index (χ0n) is 16.9. The van der Waals surface area contributed by atoms with Gasteiger partial charge < -0.3 is 5.32 Å². The van der Waals surface area contributed by atoms with Crippen molar-refractivity contribution in [3.05, 3.63) is 34.9 Å². The first-order chi connectivity index (χ1) is 14.5. The highest BCUT2D eigenvalue weighted by molar-refractivity contribution is 6.23. The van der Waals surface area contributed by atoms with Crippen LogP contribution in [0.1, 0.15) is 64.8 Å². The van der Waals surface area contributed by atoms with E-state index in [1.807, 2.05) is 12.1 Å². The molecule has 8 nitrogen and oxygen atoms in total. The van der Waals surface area contributed by atoms with Gasteiger partial charge in [-0.05, 0) is 37.0 Å². The number of rotatable bonds is 3. The predicted molar refractivity (Wildman–Crippen MR) is 108 cm³/mol. The van der Waals surface area contributed by atoms with Crippen LogP contribution in [0.4, 0.5) is 0 Å². The normalized spacial score (nSPS) is 26.4. The lowest BCUT2D eigenvalue weighted by molar-refractivity contribution is -0.136. The molecule has 0 bridgehead atoms. The number of nitrogens with zero attached hydrogens (tertiary/aromatic N) is 2. The minimum atomic E-state index is -0.923. The number of benzene rings is 1. The molecule has 4 amide bonds. The number of fused-ring (bicyclic) bond motifs is 1. The van der Waals surface area contributed by atoms with Crippen LogP contribution >= 0.6 is 0 Å². The topological polar surface area (TPSA) is 98.8 Å². The molecule has 4 aliphatic rings. The second-order valence-corrected chi connectivity index (χ2v) is 8.86. The number of imide groups is 2. The van der Waals surface area contributed by atoms with Crippen LogP contribution in [0.15, 0.2) is 18.2 Å². The standard InChI is InChI=1S/C22H26N4O4/c27-18-6-5-17(19(28)24-18)26-20(29)15-4-3-14(11-16(15)21(26)30)12-25-10-9-23-13-22(25)7-1-2-8-22/h3-4,11,17,23H,1-2,5-10,12-13H2,(H,24,27,28). The summed E-state index contributed by atoms with van der Waals surface area (Å²) in [4.78, 5) is 53.1. The number of piperazine rings is 1. The summed E-state index contributed by atoms with van der Waals surface area (Å²) in [7, 11) is 0. The average molecular weight is 410 g/mol. The maximum atomic E-state index is 13.0. The molecule has 8 heteroatoms. The van der Waals surface area contributed by atoms with Crippen LogP contribution in [0.3, 0.4) is 0 Å². The first-order valence-electron chi connectivity index (χ1n) is 10.8. The van der Waals surface area contributed by atoms with E-state index in [1.54, 1.807) is 6.07 Å². The Kier molecular flexibility index (Phi) is 4.71. The van der Waals surface area contributed by atoms with E-state index in [0.717, 1.165) is 36.6 Å². The zero-order valence-corrected chi connectivity index (χ0v) is 16.9. The lowest BCUT2D eigenvalue weighted by atomic mass is 9.92. The van der Waals surface area contributed by atoms with Crippen molar-refractivity contribution >= 4 is 23.6 Å². The molecule has 30 heavy (non-hydrogen) atoms. The summed E-state index contributed by atoms with van der Waals surface area (Å²) in [5.74, 6) is -1.84. The van der Waals surface area contributed by atoms with Gasteiger partial charge in [-0.1, -0.05) is 18.9 Å². The van der Waals surface area contributed by atoms with Gasteiger partial charge >= 0.3 is 0 Å². The van der Waals surface area contributed by atoms with Crippen molar-refractivity contribution in [3.8, 4) is 0 Å². The van der Waals surface area contributed by atoms with Crippen molar-refractivity contribution in [2.24, 2.45) is 0 Å². The number of amides is 4. The Hall–Kier alpha value is -2.58. The van der Waals surface area contributed by atoms with Gasteiger partial charge in [-0.25, -0.2) is 0 Å². The molecule has 0 radical (unpaired) electrons. The number of piperidine rings is 1. The molecular weight excluding hydrogens is 384 g/mol. The number of hydrogen-bond acceptors (Lipinski definition) is 6. The summed E-state index contributed by atoms with van der Waals surface area (Å²) in [6.45, 7) is 3.66. The highest BCUT2D eigenvalue weighted by Crippen LogP contribution is 2.37. The fourth-order valence-corrected chi connectivity index (χ4v) is 5.49. The second kappa shape index (κ2) is 7.28. The lowest BCUT2D eigenvalue weighted by Gasteiger charge is -2.45. The minimum Gasteiger partial charge on any atom is -0.314 e. The quantitative estimate of drug-likeness (QED) is 0.716. The Morgan fingerprint density at radius 1 is 1.03 bits per heavy atom. The molecule has 158 valence electrons. The molecule has 2 N–H and O–H groups in total. The SMILES string of the molecule is O=C1CCC(N2C(=O)c3ccc(CN4CCNCC45CCCC5)cc3C2=O)C(=O)N1. The van der Waals surface area contributed by atoms with Crippen molar-refractivity contribution in [2.45, 2.75) is 56.7 Å². The van der Waals surface area contributed by atoms with E-state index < -0.39 is 23.8 Å². The van der Waals surface area contributed by atoms with Gasteiger partial charge in [0.1, 0.15) is 6.04 Å². The molecule has 2 saturated heterocycles. The van der Waals surface area contributed by atoms with Crippen LogP contribution < -0.4 is 10.6 Å². The molecule has 1 atom stereocenters.